The van der Waals surface area contributed by atoms with Gasteiger partial charge in [0.05, 0.1) is 0 Å². The van der Waals surface area contributed by atoms with Crippen LogP contribution >= 0.6 is 0 Å². The molecule has 0 aromatic carbocycles. The maximum Gasteiger partial charge on any atom is 0.254 e. The van der Waals surface area contributed by atoms with E-state index < -0.39 is 5.60 Å². The molecule has 0 radical (unpaired) electrons. The number of likely N-dealkylation sites (tertiary alicyclic amines) is 1. The molecule has 0 unspecified atom stereocenters. The predicted octanol–water partition coefficient (Wildman–Crippen LogP) is -0.929. The molecule has 0 aromatic rings. The zero-order valence-corrected chi connectivity index (χ0v) is 6.99. The van der Waals surface area contributed by atoms with Gasteiger partial charge < -0.3 is 15.7 Å². The van der Waals surface area contributed by atoms with Gasteiger partial charge in [0.1, 0.15) is 5.60 Å². The summed E-state index contributed by atoms with van der Waals surface area (Å²) in [7, 11) is 0. The van der Waals surface area contributed by atoms with Crippen molar-refractivity contribution in [1.29, 1.82) is 0 Å². The van der Waals surface area contributed by atoms with Gasteiger partial charge in [-0.25, -0.2) is 0 Å². The Morgan fingerprint density at radius 1 is 1.58 bits per heavy atom. The number of carbonyl (C=O) groups is 1. The third kappa shape index (κ3) is 1.21. The number of nitrogens with zero attached hydrogens (tertiary/aromatic N) is 1. The maximum absolute atomic E-state index is 11.5. The van der Waals surface area contributed by atoms with E-state index in [0.717, 1.165) is 6.42 Å². The molecule has 0 spiro atoms. The molecule has 2 rings (SSSR count). The highest BCUT2D eigenvalue weighted by atomic mass is 16.3. The van der Waals surface area contributed by atoms with Crippen LogP contribution in [0.5, 0.6) is 0 Å². The fourth-order valence-corrected chi connectivity index (χ4v) is 1.60. The number of rotatable bonds is 1. The summed E-state index contributed by atoms with van der Waals surface area (Å²) in [4.78, 5) is 13.2. The second-order valence-corrected chi connectivity index (χ2v) is 3.83. The van der Waals surface area contributed by atoms with E-state index in [2.05, 4.69) is 0 Å². The summed E-state index contributed by atoms with van der Waals surface area (Å²) < 4.78 is 0. The molecule has 4 heteroatoms. The van der Waals surface area contributed by atoms with E-state index in [1.54, 1.807) is 4.90 Å². The van der Waals surface area contributed by atoms with Crippen LogP contribution in [-0.2, 0) is 4.79 Å². The lowest BCUT2D eigenvalue weighted by atomic mass is 10.3. The molecule has 12 heavy (non-hydrogen) atoms. The summed E-state index contributed by atoms with van der Waals surface area (Å²) in [6.07, 6.45) is 2.11. The van der Waals surface area contributed by atoms with Gasteiger partial charge in [-0.3, -0.25) is 4.79 Å². The van der Waals surface area contributed by atoms with Crippen molar-refractivity contribution in [2.45, 2.75) is 30.9 Å². The zero-order valence-electron chi connectivity index (χ0n) is 6.99. The first-order valence-electron chi connectivity index (χ1n) is 4.39. The van der Waals surface area contributed by atoms with Crippen molar-refractivity contribution in [3.63, 3.8) is 0 Å². The molecule has 1 saturated carbocycles. The summed E-state index contributed by atoms with van der Waals surface area (Å²) in [5.74, 6) is -0.115. The highest BCUT2D eigenvalue weighted by Crippen LogP contribution is 2.37. The first-order valence-corrected chi connectivity index (χ1v) is 4.39. The Kier molecular flexibility index (Phi) is 1.63. The Morgan fingerprint density at radius 2 is 2.25 bits per heavy atom. The number of carbonyl (C=O) groups excluding carboxylic acids is 1. The molecule has 1 aliphatic heterocycles. The second kappa shape index (κ2) is 2.44. The van der Waals surface area contributed by atoms with Gasteiger partial charge in [-0.1, -0.05) is 0 Å². The molecular formula is C8H14N2O2. The van der Waals surface area contributed by atoms with Crippen LogP contribution in [0.15, 0.2) is 0 Å². The quantitative estimate of drug-likeness (QED) is 0.534. The molecule has 1 amide bonds. The first kappa shape index (κ1) is 8.01. The number of hydrogen-bond donors (Lipinski definition) is 2. The highest BCUT2D eigenvalue weighted by molar-refractivity contribution is 5.88. The van der Waals surface area contributed by atoms with Crippen molar-refractivity contribution in [3.8, 4) is 0 Å². The summed E-state index contributed by atoms with van der Waals surface area (Å²) in [5, 5.41) is 9.51. The maximum atomic E-state index is 11.5. The minimum Gasteiger partial charge on any atom is -0.380 e. The van der Waals surface area contributed by atoms with Gasteiger partial charge in [-0.15, -0.1) is 0 Å². The molecule has 0 aromatic heterocycles. The molecule has 3 N–H and O–H groups in total. The van der Waals surface area contributed by atoms with E-state index in [1.807, 2.05) is 0 Å². The molecule has 4 nitrogen and oxygen atoms in total. The second-order valence-electron chi connectivity index (χ2n) is 3.83. The molecule has 68 valence electrons. The van der Waals surface area contributed by atoms with Crippen molar-refractivity contribution in [2.24, 2.45) is 5.73 Å². The molecule has 1 saturated heterocycles. The zero-order chi connectivity index (χ0) is 8.77. The standard InChI is InChI=1S/C8H14N2O2/c9-6-1-4-10(5-6)7(11)8(12)2-3-8/h6,12H,1-5,9H2/t6-/m1/s1. The summed E-state index contributed by atoms with van der Waals surface area (Å²) in [5.41, 5.74) is 4.64. The first-order chi connectivity index (χ1) is 5.62. The number of aliphatic hydroxyl groups is 1. The molecule has 1 aliphatic carbocycles. The van der Waals surface area contributed by atoms with E-state index in [0.29, 0.717) is 25.9 Å². The minimum atomic E-state index is -1.01. The highest BCUT2D eigenvalue weighted by Gasteiger charge is 2.50. The van der Waals surface area contributed by atoms with Gasteiger partial charge >= 0.3 is 0 Å². The van der Waals surface area contributed by atoms with Crippen molar-refractivity contribution in [2.75, 3.05) is 13.1 Å². The van der Waals surface area contributed by atoms with Crippen LogP contribution in [-0.4, -0.2) is 40.6 Å². The van der Waals surface area contributed by atoms with Gasteiger partial charge in [0.25, 0.3) is 5.91 Å². The Morgan fingerprint density at radius 3 is 2.67 bits per heavy atom. The van der Waals surface area contributed by atoms with Gasteiger partial charge in [0.2, 0.25) is 0 Å². The predicted molar refractivity (Wildman–Crippen MR) is 43.4 cm³/mol. The lowest BCUT2D eigenvalue weighted by molar-refractivity contribution is -0.141. The SMILES string of the molecule is N[C@@H]1CCN(C(=O)C2(O)CC2)C1. The van der Waals surface area contributed by atoms with Crippen LogP contribution < -0.4 is 5.73 Å². The minimum absolute atomic E-state index is 0.108. The average molecular weight is 170 g/mol. The van der Waals surface area contributed by atoms with Gasteiger partial charge in [0, 0.05) is 19.1 Å². The van der Waals surface area contributed by atoms with E-state index in [1.165, 1.54) is 0 Å². The van der Waals surface area contributed by atoms with Crippen molar-refractivity contribution in [1.82, 2.24) is 4.90 Å². The molecule has 2 aliphatic rings. The molecule has 2 fully saturated rings. The van der Waals surface area contributed by atoms with Gasteiger partial charge in [-0.05, 0) is 19.3 Å². The largest absolute Gasteiger partial charge is 0.380 e. The third-order valence-corrected chi connectivity index (χ3v) is 2.63. The lowest BCUT2D eigenvalue weighted by Gasteiger charge is -2.18. The van der Waals surface area contributed by atoms with E-state index in [4.69, 9.17) is 5.73 Å². The fraction of sp³-hybridized carbons (Fsp3) is 0.875. The van der Waals surface area contributed by atoms with Crippen LogP contribution in [0.4, 0.5) is 0 Å². The Balaban J connectivity index is 1.97. The molecule has 1 heterocycles. The summed E-state index contributed by atoms with van der Waals surface area (Å²) in [6, 6.07) is 0.108. The van der Waals surface area contributed by atoms with Crippen LogP contribution in [0, 0.1) is 0 Å². The van der Waals surface area contributed by atoms with Crippen molar-refractivity contribution >= 4 is 5.91 Å². The van der Waals surface area contributed by atoms with E-state index in [9.17, 15) is 9.90 Å². The molecular weight excluding hydrogens is 156 g/mol. The van der Waals surface area contributed by atoms with Crippen molar-refractivity contribution < 1.29 is 9.90 Å². The Bertz CT molecular complexity index is 213. The summed E-state index contributed by atoms with van der Waals surface area (Å²) in [6.45, 7) is 1.32. The number of nitrogens with two attached hydrogens (primary N) is 1. The number of hydrogen-bond acceptors (Lipinski definition) is 3. The third-order valence-electron chi connectivity index (χ3n) is 2.63. The smallest absolute Gasteiger partial charge is 0.254 e. The van der Waals surface area contributed by atoms with E-state index >= 15 is 0 Å². The Hall–Kier alpha value is -0.610. The molecule has 0 bridgehead atoms. The normalized spacial score (nSPS) is 32.2. The Labute approximate surface area is 71.3 Å². The van der Waals surface area contributed by atoms with Crippen LogP contribution in [0.3, 0.4) is 0 Å². The van der Waals surface area contributed by atoms with Crippen LogP contribution in [0.2, 0.25) is 0 Å². The van der Waals surface area contributed by atoms with Crippen molar-refractivity contribution in [3.05, 3.63) is 0 Å². The number of amides is 1. The van der Waals surface area contributed by atoms with Crippen LogP contribution in [0.25, 0.3) is 0 Å². The topological polar surface area (TPSA) is 66.6 Å². The average Bonchev–Trinajstić information content (AvgIpc) is 2.62. The molecule has 1 atom stereocenters. The van der Waals surface area contributed by atoms with E-state index in [-0.39, 0.29) is 11.9 Å². The lowest BCUT2D eigenvalue weighted by Crippen LogP contribution is -2.40. The van der Waals surface area contributed by atoms with Gasteiger partial charge in [0.15, 0.2) is 0 Å². The van der Waals surface area contributed by atoms with Gasteiger partial charge in [-0.2, -0.15) is 0 Å². The monoisotopic (exact) mass is 170 g/mol. The summed E-state index contributed by atoms with van der Waals surface area (Å²) >= 11 is 0. The van der Waals surface area contributed by atoms with Crippen LogP contribution in [0.1, 0.15) is 19.3 Å². The fourth-order valence-electron chi connectivity index (χ4n) is 1.60.